The molecule has 4 atom stereocenters. The largest absolute Gasteiger partial charge is 0.467 e. The predicted octanol–water partition coefficient (Wildman–Crippen LogP) is 4.71. The average Bonchev–Trinajstić information content (AvgIpc) is 3.52. The summed E-state index contributed by atoms with van der Waals surface area (Å²) in [6.45, 7) is 2.49. The van der Waals surface area contributed by atoms with Gasteiger partial charge >= 0.3 is 17.9 Å². The quantitative estimate of drug-likeness (QED) is 0.0440. The van der Waals surface area contributed by atoms with Crippen LogP contribution in [0.2, 0.25) is 0 Å². The number of rotatable bonds is 29. The molecule has 0 aromatic heterocycles. The first-order valence-electron chi connectivity index (χ1n) is 21.2. The van der Waals surface area contributed by atoms with Crippen molar-refractivity contribution in [1.29, 1.82) is 0 Å². The van der Waals surface area contributed by atoms with Gasteiger partial charge in [-0.25, -0.2) is 14.4 Å². The van der Waals surface area contributed by atoms with Gasteiger partial charge in [-0.1, -0.05) is 114 Å². The molecule has 0 bridgehead atoms. The Hall–Kier alpha value is -5.64. The Bertz CT molecular complexity index is 1740. The Balaban J connectivity index is 1.54. The van der Waals surface area contributed by atoms with Crippen LogP contribution in [0.15, 0.2) is 54.6 Å². The van der Waals surface area contributed by atoms with Gasteiger partial charge in [0.2, 0.25) is 17.7 Å². The van der Waals surface area contributed by atoms with E-state index in [0.29, 0.717) is 12.0 Å². The van der Waals surface area contributed by atoms with E-state index in [1.165, 1.54) is 64.0 Å². The summed E-state index contributed by atoms with van der Waals surface area (Å²) in [5.41, 5.74) is 0.905. The molecule has 3 N–H and O–H groups in total. The van der Waals surface area contributed by atoms with E-state index in [-0.39, 0.29) is 42.9 Å². The summed E-state index contributed by atoms with van der Waals surface area (Å²) in [5, 5.41) is 7.73. The Kier molecular flexibility index (Phi) is 22.2. The molecule has 0 radical (unpaired) electrons. The van der Waals surface area contributed by atoms with Crippen molar-refractivity contribution in [2.75, 3.05) is 27.4 Å². The molecule has 1 aliphatic heterocycles. The minimum Gasteiger partial charge on any atom is -0.467 e. The molecule has 3 rings (SSSR count). The maximum Gasteiger partial charge on any atom is 0.331 e. The van der Waals surface area contributed by atoms with Crippen molar-refractivity contribution in [3.63, 3.8) is 0 Å². The Labute approximate surface area is 358 Å². The molecule has 0 spiro atoms. The lowest BCUT2D eigenvalue weighted by Crippen LogP contribution is -2.51. The summed E-state index contributed by atoms with van der Waals surface area (Å²) >= 11 is 0. The van der Waals surface area contributed by atoms with E-state index in [1.54, 1.807) is 42.5 Å². The molecule has 0 aliphatic carbocycles. The fraction of sp³-hybridized carbons (Fsp3) is 0.556. The van der Waals surface area contributed by atoms with Crippen LogP contribution in [0.1, 0.15) is 130 Å². The minimum atomic E-state index is -1.51. The maximum atomic E-state index is 13.3. The van der Waals surface area contributed by atoms with Gasteiger partial charge in [0.05, 0.1) is 38.6 Å². The van der Waals surface area contributed by atoms with Crippen molar-refractivity contribution >= 4 is 47.4 Å². The third-order valence-electron chi connectivity index (χ3n) is 10.3. The normalized spacial score (nSPS) is 13.9. The van der Waals surface area contributed by atoms with Crippen LogP contribution in [0.5, 0.6) is 0 Å². The average molecular weight is 851 g/mol. The van der Waals surface area contributed by atoms with Crippen LogP contribution >= 0.6 is 0 Å². The number of nitrogens with zero attached hydrogens (tertiary/aromatic N) is 1. The van der Waals surface area contributed by atoms with Crippen molar-refractivity contribution in [1.82, 2.24) is 20.9 Å². The van der Waals surface area contributed by atoms with Crippen molar-refractivity contribution in [3.05, 3.63) is 71.3 Å². The number of ether oxygens (including phenoxy) is 4. The van der Waals surface area contributed by atoms with E-state index < -0.39 is 78.9 Å². The molecule has 0 fully saturated rings. The molecule has 0 unspecified atom stereocenters. The van der Waals surface area contributed by atoms with E-state index in [0.717, 1.165) is 38.4 Å². The van der Waals surface area contributed by atoms with Crippen LogP contribution in [0.25, 0.3) is 0 Å². The highest BCUT2D eigenvalue weighted by Crippen LogP contribution is 2.25. The maximum absolute atomic E-state index is 13.3. The van der Waals surface area contributed by atoms with Gasteiger partial charge in [-0.05, 0) is 37.5 Å². The zero-order valence-electron chi connectivity index (χ0n) is 35.9. The second-order valence-corrected chi connectivity index (χ2v) is 15.0. The van der Waals surface area contributed by atoms with E-state index in [1.807, 2.05) is 0 Å². The van der Waals surface area contributed by atoms with Crippen LogP contribution in [-0.4, -0.2) is 104 Å². The number of imide groups is 1. The topological polar surface area (TPSA) is 213 Å². The highest BCUT2D eigenvalue weighted by molar-refractivity contribution is 6.22. The van der Waals surface area contributed by atoms with Crippen LogP contribution in [0.4, 0.5) is 0 Å². The van der Waals surface area contributed by atoms with E-state index >= 15 is 0 Å². The molecule has 334 valence electrons. The Morgan fingerprint density at radius 1 is 0.607 bits per heavy atom. The lowest BCUT2D eigenvalue weighted by atomic mass is 10.1. The number of benzene rings is 2. The molecule has 0 saturated carbocycles. The molecule has 1 heterocycles. The summed E-state index contributed by atoms with van der Waals surface area (Å²) in [5.74, 6) is -5.80. The number of hydrogen-bond acceptors (Lipinski definition) is 12. The van der Waals surface area contributed by atoms with Gasteiger partial charge in [0, 0.05) is 12.8 Å². The molecule has 16 nitrogen and oxygen atoms in total. The number of carbonyl (C=O) groups excluding carboxylic acids is 8. The minimum absolute atomic E-state index is 0.0987. The lowest BCUT2D eigenvalue weighted by molar-refractivity contribution is -0.151. The zero-order chi connectivity index (χ0) is 44.6. The van der Waals surface area contributed by atoms with Crippen LogP contribution in [-0.2, 0) is 54.3 Å². The fourth-order valence-electron chi connectivity index (χ4n) is 6.73. The molecule has 5 amide bonds. The molecule has 16 heteroatoms. The third kappa shape index (κ3) is 16.7. The molecular formula is C45H62N4O12. The van der Waals surface area contributed by atoms with E-state index in [4.69, 9.17) is 18.9 Å². The molecule has 0 saturated heterocycles. The van der Waals surface area contributed by atoms with Crippen LogP contribution < -0.4 is 16.0 Å². The van der Waals surface area contributed by atoms with Crippen molar-refractivity contribution < 1.29 is 57.3 Å². The summed E-state index contributed by atoms with van der Waals surface area (Å²) in [6.07, 6.45) is 12.2. The predicted molar refractivity (Wildman–Crippen MR) is 224 cm³/mol. The fourth-order valence-corrected chi connectivity index (χ4v) is 6.73. The lowest BCUT2D eigenvalue weighted by Gasteiger charge is -2.25. The van der Waals surface area contributed by atoms with Crippen molar-refractivity contribution in [2.45, 2.75) is 135 Å². The van der Waals surface area contributed by atoms with Crippen LogP contribution in [0.3, 0.4) is 0 Å². The first-order valence-corrected chi connectivity index (χ1v) is 21.2. The summed E-state index contributed by atoms with van der Waals surface area (Å²) < 4.78 is 20.7. The van der Waals surface area contributed by atoms with Crippen molar-refractivity contribution in [2.24, 2.45) is 0 Å². The zero-order valence-corrected chi connectivity index (χ0v) is 35.9. The number of esters is 3. The van der Waals surface area contributed by atoms with Gasteiger partial charge in [0.25, 0.3) is 11.8 Å². The Morgan fingerprint density at radius 2 is 1.15 bits per heavy atom. The molecule has 2 aromatic rings. The SMILES string of the molecule is CCCCCCCCCCCCCC(=O)N[C@@H](C)C(=O)N[C@H](CCC(=O)N[C@@H](COC[C@H](C(=O)OC)N1C(=O)c2ccccc2C1=O)C(=O)OC)C(=O)OCc1ccccc1. The van der Waals surface area contributed by atoms with Gasteiger partial charge in [-0.3, -0.25) is 28.9 Å². The third-order valence-corrected chi connectivity index (χ3v) is 10.3. The van der Waals surface area contributed by atoms with Crippen LogP contribution in [0, 0.1) is 0 Å². The smallest absolute Gasteiger partial charge is 0.331 e. The number of amides is 5. The number of nitrogens with one attached hydrogen (secondary N) is 3. The number of fused-ring (bicyclic) bond motifs is 1. The molecule has 61 heavy (non-hydrogen) atoms. The highest BCUT2D eigenvalue weighted by atomic mass is 16.5. The van der Waals surface area contributed by atoms with Gasteiger partial charge in [0.1, 0.15) is 18.7 Å². The highest BCUT2D eigenvalue weighted by Gasteiger charge is 2.43. The monoisotopic (exact) mass is 850 g/mol. The number of methoxy groups -OCH3 is 2. The second kappa shape index (κ2) is 27.3. The first kappa shape index (κ1) is 49.7. The summed E-state index contributed by atoms with van der Waals surface area (Å²) in [6, 6.07) is 9.70. The first-order chi connectivity index (χ1) is 29.4. The van der Waals surface area contributed by atoms with Gasteiger partial charge in [-0.15, -0.1) is 0 Å². The van der Waals surface area contributed by atoms with Gasteiger partial charge in [0.15, 0.2) is 12.1 Å². The summed E-state index contributed by atoms with van der Waals surface area (Å²) in [7, 11) is 2.17. The van der Waals surface area contributed by atoms with Crippen molar-refractivity contribution in [3.8, 4) is 0 Å². The molecule has 1 aliphatic rings. The van der Waals surface area contributed by atoms with E-state index in [2.05, 4.69) is 22.9 Å². The Morgan fingerprint density at radius 3 is 1.72 bits per heavy atom. The molecular weight excluding hydrogens is 789 g/mol. The number of hydrogen-bond donors (Lipinski definition) is 3. The number of unbranched alkanes of at least 4 members (excludes halogenated alkanes) is 10. The van der Waals surface area contributed by atoms with Gasteiger partial charge < -0.3 is 34.9 Å². The number of carbonyl (C=O) groups is 8. The van der Waals surface area contributed by atoms with E-state index in [9.17, 15) is 38.4 Å². The summed E-state index contributed by atoms with van der Waals surface area (Å²) in [4.78, 5) is 105. The van der Waals surface area contributed by atoms with Gasteiger partial charge in [-0.2, -0.15) is 0 Å². The molecule has 2 aromatic carbocycles. The second-order valence-electron chi connectivity index (χ2n) is 15.0. The standard InChI is InChI=1S/C45H62N4O12/c1-5-6-7-8-9-10-11-12-13-14-18-25-38(50)46-31(2)40(52)48-35(44(56)61-28-32-21-16-15-17-22-32)26-27-39(51)47-36(43(55)58-3)29-60-30-37(45(57)59-4)49-41(53)33-23-19-20-24-34(33)42(49)54/h15-17,19-24,31,35-37H,5-14,18,25-30H2,1-4H3,(H,46,50)(H,47,51)(H,48,52)/t31-,35+,36-,37+/m0/s1.